The van der Waals surface area contributed by atoms with Crippen molar-refractivity contribution in [1.82, 2.24) is 9.80 Å². The number of ether oxygens (including phenoxy) is 2. The van der Waals surface area contributed by atoms with Crippen LogP contribution in [0.1, 0.15) is 50.8 Å². The molecule has 1 atom stereocenters. The van der Waals surface area contributed by atoms with Crippen molar-refractivity contribution in [1.29, 1.82) is 0 Å². The normalized spacial score (nSPS) is 16.5. The monoisotopic (exact) mass is 452 g/mol. The van der Waals surface area contributed by atoms with E-state index in [0.29, 0.717) is 13.1 Å². The Labute approximate surface area is 197 Å². The van der Waals surface area contributed by atoms with Crippen LogP contribution in [0.3, 0.4) is 0 Å². The fourth-order valence-electron chi connectivity index (χ4n) is 4.13. The zero-order chi connectivity index (χ0) is 23.8. The maximum Gasteiger partial charge on any atom is 0.410 e. The Bertz CT molecular complexity index is 856. The molecule has 1 heterocycles. The molecule has 1 saturated heterocycles. The standard InChI is InChI=1S/C27H36N2O4/c1-27(2,3)33-26(31)28(4)18-21-12-11-17-29(19-21)24(30)20-32-25(22-13-7-5-8-14-22)23-15-9-6-10-16-23/h5-10,13-16,21,25H,11-12,17-20H2,1-4H3. The van der Waals surface area contributed by atoms with Crippen LogP contribution in [0.5, 0.6) is 0 Å². The minimum Gasteiger partial charge on any atom is -0.444 e. The highest BCUT2D eigenvalue weighted by molar-refractivity contribution is 5.77. The van der Waals surface area contributed by atoms with Crippen LogP contribution in [0.25, 0.3) is 0 Å². The van der Waals surface area contributed by atoms with Crippen molar-refractivity contribution in [2.75, 3.05) is 33.3 Å². The molecule has 6 nitrogen and oxygen atoms in total. The number of rotatable bonds is 7. The number of benzene rings is 2. The van der Waals surface area contributed by atoms with Gasteiger partial charge in [-0.2, -0.15) is 0 Å². The average molecular weight is 453 g/mol. The second-order valence-electron chi connectivity index (χ2n) is 9.72. The van der Waals surface area contributed by atoms with E-state index >= 15 is 0 Å². The summed E-state index contributed by atoms with van der Waals surface area (Å²) in [6.45, 7) is 7.50. The van der Waals surface area contributed by atoms with E-state index in [1.807, 2.05) is 86.3 Å². The molecular formula is C27H36N2O4. The Balaban J connectivity index is 1.57. The number of amides is 2. The van der Waals surface area contributed by atoms with Crippen LogP contribution in [-0.4, -0.2) is 60.7 Å². The maximum atomic E-state index is 13.0. The third kappa shape index (κ3) is 7.60. The predicted molar refractivity (Wildman–Crippen MR) is 129 cm³/mol. The Morgan fingerprint density at radius 3 is 2.15 bits per heavy atom. The molecule has 1 aliphatic heterocycles. The molecule has 0 saturated carbocycles. The minimum atomic E-state index is -0.523. The first-order chi connectivity index (χ1) is 15.7. The lowest BCUT2D eigenvalue weighted by Crippen LogP contribution is -2.46. The molecule has 0 aliphatic carbocycles. The van der Waals surface area contributed by atoms with E-state index in [0.717, 1.165) is 30.5 Å². The lowest BCUT2D eigenvalue weighted by Gasteiger charge is -2.35. The van der Waals surface area contributed by atoms with Crippen molar-refractivity contribution in [3.05, 3.63) is 71.8 Å². The molecule has 2 aromatic rings. The minimum absolute atomic E-state index is 0.0169. The average Bonchev–Trinajstić information content (AvgIpc) is 2.79. The van der Waals surface area contributed by atoms with Gasteiger partial charge in [0, 0.05) is 26.7 Å². The zero-order valence-corrected chi connectivity index (χ0v) is 20.2. The Hall–Kier alpha value is -2.86. The quantitative estimate of drug-likeness (QED) is 0.600. The molecule has 0 radical (unpaired) electrons. The molecule has 3 rings (SSSR count). The van der Waals surface area contributed by atoms with Crippen LogP contribution in [0, 0.1) is 5.92 Å². The Kier molecular flexibility index (Phi) is 8.50. The Morgan fingerprint density at radius 2 is 1.61 bits per heavy atom. The molecule has 33 heavy (non-hydrogen) atoms. The predicted octanol–water partition coefficient (Wildman–Crippen LogP) is 4.90. The second-order valence-corrected chi connectivity index (χ2v) is 9.72. The van der Waals surface area contributed by atoms with Gasteiger partial charge in [0.1, 0.15) is 18.3 Å². The summed E-state index contributed by atoms with van der Waals surface area (Å²) in [4.78, 5) is 28.8. The van der Waals surface area contributed by atoms with E-state index in [2.05, 4.69) is 0 Å². The van der Waals surface area contributed by atoms with Crippen LogP contribution in [0.4, 0.5) is 4.79 Å². The van der Waals surface area contributed by atoms with Crippen molar-refractivity contribution in [2.24, 2.45) is 5.92 Å². The van der Waals surface area contributed by atoms with Gasteiger partial charge in [-0.3, -0.25) is 4.79 Å². The number of carbonyl (C=O) groups excluding carboxylic acids is 2. The van der Waals surface area contributed by atoms with Gasteiger partial charge in [-0.15, -0.1) is 0 Å². The van der Waals surface area contributed by atoms with Gasteiger partial charge in [0.05, 0.1) is 0 Å². The van der Waals surface area contributed by atoms with Gasteiger partial charge in [-0.05, 0) is 50.7 Å². The molecule has 1 aliphatic rings. The third-order valence-corrected chi connectivity index (χ3v) is 5.69. The van der Waals surface area contributed by atoms with Crippen molar-refractivity contribution in [3.63, 3.8) is 0 Å². The summed E-state index contributed by atoms with van der Waals surface area (Å²) >= 11 is 0. The van der Waals surface area contributed by atoms with E-state index in [1.54, 1.807) is 11.9 Å². The molecule has 0 aromatic heterocycles. The lowest BCUT2D eigenvalue weighted by molar-refractivity contribution is -0.139. The highest BCUT2D eigenvalue weighted by Crippen LogP contribution is 2.26. The number of likely N-dealkylation sites (tertiary alicyclic amines) is 1. The van der Waals surface area contributed by atoms with Crippen molar-refractivity contribution < 1.29 is 19.1 Å². The maximum absolute atomic E-state index is 13.0. The van der Waals surface area contributed by atoms with E-state index in [1.165, 1.54) is 0 Å². The van der Waals surface area contributed by atoms with Gasteiger partial charge in [0.15, 0.2) is 0 Å². The molecule has 0 N–H and O–H groups in total. The number of piperidine rings is 1. The van der Waals surface area contributed by atoms with E-state index in [9.17, 15) is 9.59 Å². The highest BCUT2D eigenvalue weighted by Gasteiger charge is 2.28. The number of carbonyl (C=O) groups is 2. The molecular weight excluding hydrogens is 416 g/mol. The fraction of sp³-hybridized carbons (Fsp3) is 0.481. The van der Waals surface area contributed by atoms with Crippen LogP contribution >= 0.6 is 0 Å². The summed E-state index contributed by atoms with van der Waals surface area (Å²) in [7, 11) is 1.75. The first-order valence-corrected chi connectivity index (χ1v) is 11.7. The molecule has 0 spiro atoms. The Morgan fingerprint density at radius 1 is 1.03 bits per heavy atom. The van der Waals surface area contributed by atoms with E-state index in [-0.39, 0.29) is 30.6 Å². The van der Waals surface area contributed by atoms with Gasteiger partial charge in [-0.1, -0.05) is 60.7 Å². The summed E-state index contributed by atoms with van der Waals surface area (Å²) < 4.78 is 11.6. The largest absolute Gasteiger partial charge is 0.444 e. The van der Waals surface area contributed by atoms with Crippen LogP contribution in [0.15, 0.2) is 60.7 Å². The van der Waals surface area contributed by atoms with Gasteiger partial charge in [-0.25, -0.2) is 4.79 Å². The van der Waals surface area contributed by atoms with Gasteiger partial charge >= 0.3 is 6.09 Å². The van der Waals surface area contributed by atoms with Gasteiger partial charge in [0.2, 0.25) is 5.91 Å². The van der Waals surface area contributed by atoms with Crippen LogP contribution in [0.2, 0.25) is 0 Å². The summed E-state index contributed by atoms with van der Waals surface area (Å²) in [5.41, 5.74) is 1.52. The van der Waals surface area contributed by atoms with E-state index < -0.39 is 5.60 Å². The van der Waals surface area contributed by atoms with Crippen LogP contribution < -0.4 is 0 Å². The number of nitrogens with zero attached hydrogens (tertiary/aromatic N) is 2. The fourth-order valence-corrected chi connectivity index (χ4v) is 4.13. The zero-order valence-electron chi connectivity index (χ0n) is 20.2. The van der Waals surface area contributed by atoms with Crippen molar-refractivity contribution in [3.8, 4) is 0 Å². The highest BCUT2D eigenvalue weighted by atomic mass is 16.6. The van der Waals surface area contributed by atoms with Crippen molar-refractivity contribution in [2.45, 2.75) is 45.3 Å². The van der Waals surface area contributed by atoms with Gasteiger partial charge < -0.3 is 19.3 Å². The van der Waals surface area contributed by atoms with Gasteiger partial charge in [0.25, 0.3) is 0 Å². The smallest absolute Gasteiger partial charge is 0.410 e. The molecule has 1 unspecified atom stereocenters. The van der Waals surface area contributed by atoms with Crippen molar-refractivity contribution >= 4 is 12.0 Å². The number of hydrogen-bond donors (Lipinski definition) is 0. The summed E-state index contributed by atoms with van der Waals surface area (Å²) in [6, 6.07) is 19.9. The first kappa shape index (κ1) is 24.8. The molecule has 2 amide bonds. The van der Waals surface area contributed by atoms with Crippen LogP contribution in [-0.2, 0) is 14.3 Å². The molecule has 0 bridgehead atoms. The molecule has 178 valence electrons. The first-order valence-electron chi connectivity index (χ1n) is 11.7. The lowest BCUT2D eigenvalue weighted by atomic mass is 9.97. The number of hydrogen-bond acceptors (Lipinski definition) is 4. The molecule has 1 fully saturated rings. The summed E-state index contributed by atoms with van der Waals surface area (Å²) in [5.74, 6) is 0.204. The SMILES string of the molecule is CN(CC1CCCN(C(=O)COC(c2ccccc2)c2ccccc2)C1)C(=O)OC(C)(C)C. The summed E-state index contributed by atoms with van der Waals surface area (Å²) in [6.07, 6.45) is 1.27. The topological polar surface area (TPSA) is 59.1 Å². The second kappa shape index (κ2) is 11.3. The molecule has 2 aromatic carbocycles. The third-order valence-electron chi connectivity index (χ3n) is 5.69. The summed E-state index contributed by atoms with van der Waals surface area (Å²) in [5, 5.41) is 0. The molecule has 6 heteroatoms. The van der Waals surface area contributed by atoms with E-state index in [4.69, 9.17) is 9.47 Å².